The molecule has 0 bridgehead atoms. The molecule has 0 aliphatic carbocycles. The summed E-state index contributed by atoms with van der Waals surface area (Å²) in [6, 6.07) is 0. The molecule has 0 aromatic rings. The van der Waals surface area contributed by atoms with Crippen molar-refractivity contribution in [3.63, 3.8) is 0 Å². The molecule has 0 saturated carbocycles. The summed E-state index contributed by atoms with van der Waals surface area (Å²) in [4.78, 5) is 36.8. The summed E-state index contributed by atoms with van der Waals surface area (Å²) in [6.07, 6.45) is 17.9. The van der Waals surface area contributed by atoms with Crippen molar-refractivity contribution in [2.45, 2.75) is 199 Å². The van der Waals surface area contributed by atoms with Crippen LogP contribution in [0.3, 0.4) is 0 Å². The van der Waals surface area contributed by atoms with Crippen LogP contribution in [0.5, 0.6) is 0 Å². The quantitative estimate of drug-likeness (QED) is 0.0386. The van der Waals surface area contributed by atoms with Gasteiger partial charge in [-0.05, 0) is 44.9 Å². The fourth-order valence-electron chi connectivity index (χ4n) is 5.24. The Morgan fingerprint density at radius 2 is 0.844 bits per heavy atom. The minimum Gasteiger partial charge on any atom is -0.462 e. The first kappa shape index (κ1) is 43.3. The van der Waals surface area contributed by atoms with Crippen molar-refractivity contribution in [3.05, 3.63) is 0 Å². The van der Waals surface area contributed by atoms with E-state index in [1.165, 1.54) is 38.5 Å². The third-order valence-electron chi connectivity index (χ3n) is 8.07. The van der Waals surface area contributed by atoms with Crippen LogP contribution in [0.15, 0.2) is 0 Å². The van der Waals surface area contributed by atoms with E-state index in [-0.39, 0.29) is 45.0 Å². The largest absolute Gasteiger partial charge is 0.462 e. The van der Waals surface area contributed by atoms with Crippen LogP contribution in [-0.2, 0) is 28.6 Å². The molecule has 0 aromatic heterocycles. The standard InChI is InChI=1S/C36H68O9/c1-4-7-8-9-10-13-16-21-32(39)22-17-14-11-12-15-18-23-34(40)43-28-33(45-36(42)27-25-31(38)20-6-3)29-44-35(41)26-24-30(37)19-5-2/h30-33,37-39H,4-29H2,1-3H3. The molecule has 0 heterocycles. The Bertz CT molecular complexity index is 715. The average Bonchev–Trinajstić information content (AvgIpc) is 3.01. The van der Waals surface area contributed by atoms with Crippen molar-refractivity contribution in [2.75, 3.05) is 13.2 Å². The van der Waals surface area contributed by atoms with Crippen LogP contribution in [-0.4, -0.2) is 70.9 Å². The zero-order chi connectivity index (χ0) is 33.5. The maximum Gasteiger partial charge on any atom is 0.306 e. The fourth-order valence-corrected chi connectivity index (χ4v) is 5.24. The van der Waals surface area contributed by atoms with Gasteiger partial charge in [0.15, 0.2) is 6.10 Å². The number of carbonyl (C=O) groups excluding carboxylic acids is 3. The van der Waals surface area contributed by atoms with Crippen LogP contribution in [0.4, 0.5) is 0 Å². The zero-order valence-corrected chi connectivity index (χ0v) is 29.0. The highest BCUT2D eigenvalue weighted by molar-refractivity contribution is 5.71. The van der Waals surface area contributed by atoms with Crippen molar-refractivity contribution in [1.82, 2.24) is 0 Å². The molecule has 9 heteroatoms. The second kappa shape index (κ2) is 30.9. The lowest BCUT2D eigenvalue weighted by molar-refractivity contribution is -0.167. The molecule has 266 valence electrons. The predicted molar refractivity (Wildman–Crippen MR) is 178 cm³/mol. The van der Waals surface area contributed by atoms with Crippen molar-refractivity contribution >= 4 is 17.9 Å². The van der Waals surface area contributed by atoms with Gasteiger partial charge < -0.3 is 29.5 Å². The summed E-state index contributed by atoms with van der Waals surface area (Å²) in [5.74, 6) is -1.46. The smallest absolute Gasteiger partial charge is 0.306 e. The van der Waals surface area contributed by atoms with Crippen molar-refractivity contribution < 1.29 is 43.9 Å². The average molecular weight is 645 g/mol. The molecule has 0 saturated heterocycles. The number of aliphatic hydroxyl groups excluding tert-OH is 3. The monoisotopic (exact) mass is 644 g/mol. The molecule has 3 N–H and O–H groups in total. The lowest BCUT2D eigenvalue weighted by Crippen LogP contribution is -2.31. The van der Waals surface area contributed by atoms with Gasteiger partial charge in [0.25, 0.3) is 0 Å². The molecular formula is C36H68O9. The summed E-state index contributed by atoms with van der Waals surface area (Å²) in [6.45, 7) is 5.68. The number of esters is 3. The van der Waals surface area contributed by atoms with Gasteiger partial charge in [-0.3, -0.25) is 14.4 Å². The van der Waals surface area contributed by atoms with Crippen molar-refractivity contribution in [3.8, 4) is 0 Å². The molecule has 4 unspecified atom stereocenters. The summed E-state index contributed by atoms with van der Waals surface area (Å²) in [7, 11) is 0. The maximum atomic E-state index is 12.3. The summed E-state index contributed by atoms with van der Waals surface area (Å²) in [5, 5.41) is 29.9. The number of carbonyl (C=O) groups is 3. The van der Waals surface area contributed by atoms with Gasteiger partial charge in [-0.15, -0.1) is 0 Å². The molecule has 0 aliphatic rings. The summed E-state index contributed by atoms with van der Waals surface area (Å²) >= 11 is 0. The van der Waals surface area contributed by atoms with Crippen LogP contribution in [0.25, 0.3) is 0 Å². The lowest BCUT2D eigenvalue weighted by Gasteiger charge is -2.19. The normalized spacial score (nSPS) is 14.0. The highest BCUT2D eigenvalue weighted by Gasteiger charge is 2.20. The van der Waals surface area contributed by atoms with E-state index in [2.05, 4.69) is 6.92 Å². The maximum absolute atomic E-state index is 12.3. The second-order valence-electron chi connectivity index (χ2n) is 12.7. The molecule has 0 radical (unpaired) electrons. The molecule has 45 heavy (non-hydrogen) atoms. The van der Waals surface area contributed by atoms with E-state index in [0.29, 0.717) is 25.7 Å². The van der Waals surface area contributed by atoms with Gasteiger partial charge in [0.1, 0.15) is 13.2 Å². The molecule has 9 nitrogen and oxygen atoms in total. The molecule has 0 aliphatic heterocycles. The van der Waals surface area contributed by atoms with Gasteiger partial charge in [0.2, 0.25) is 0 Å². The van der Waals surface area contributed by atoms with Crippen LogP contribution in [0.1, 0.15) is 175 Å². The number of hydrogen-bond acceptors (Lipinski definition) is 9. The Labute approximate surface area is 274 Å². The van der Waals surface area contributed by atoms with Crippen molar-refractivity contribution in [1.29, 1.82) is 0 Å². The van der Waals surface area contributed by atoms with Gasteiger partial charge in [-0.25, -0.2) is 0 Å². The minimum absolute atomic E-state index is 0.0148. The van der Waals surface area contributed by atoms with E-state index in [1.807, 2.05) is 13.8 Å². The van der Waals surface area contributed by atoms with E-state index >= 15 is 0 Å². The van der Waals surface area contributed by atoms with Gasteiger partial charge in [-0.1, -0.05) is 111 Å². The molecule has 0 rings (SSSR count). The molecule has 4 atom stereocenters. The first-order chi connectivity index (χ1) is 21.7. The fraction of sp³-hybridized carbons (Fsp3) is 0.917. The third-order valence-corrected chi connectivity index (χ3v) is 8.07. The molecule has 0 spiro atoms. The van der Waals surface area contributed by atoms with E-state index in [9.17, 15) is 29.7 Å². The van der Waals surface area contributed by atoms with Crippen molar-refractivity contribution in [2.24, 2.45) is 0 Å². The number of hydrogen-bond donors (Lipinski definition) is 3. The number of ether oxygens (including phenoxy) is 3. The first-order valence-corrected chi connectivity index (χ1v) is 18.3. The Morgan fingerprint density at radius 1 is 0.444 bits per heavy atom. The molecule has 0 fully saturated rings. The van der Waals surface area contributed by atoms with Crippen LogP contribution in [0.2, 0.25) is 0 Å². The summed E-state index contributed by atoms with van der Waals surface area (Å²) < 4.78 is 16.0. The van der Waals surface area contributed by atoms with E-state index in [0.717, 1.165) is 64.2 Å². The molecular weight excluding hydrogens is 576 g/mol. The predicted octanol–water partition coefficient (Wildman–Crippen LogP) is 7.49. The zero-order valence-electron chi connectivity index (χ0n) is 29.0. The SMILES string of the molecule is CCCCCCCCCC(O)CCCCCCCCC(=O)OCC(COC(=O)CCC(O)CCC)OC(=O)CCC(O)CCC. The van der Waals surface area contributed by atoms with E-state index in [4.69, 9.17) is 14.2 Å². The number of aliphatic hydroxyl groups is 3. The van der Waals surface area contributed by atoms with E-state index < -0.39 is 36.2 Å². The highest BCUT2D eigenvalue weighted by Crippen LogP contribution is 2.15. The van der Waals surface area contributed by atoms with Gasteiger partial charge in [0.05, 0.1) is 18.3 Å². The summed E-state index contributed by atoms with van der Waals surface area (Å²) in [5.41, 5.74) is 0. The lowest BCUT2D eigenvalue weighted by atomic mass is 10.0. The minimum atomic E-state index is -0.935. The molecule has 0 aromatic carbocycles. The first-order valence-electron chi connectivity index (χ1n) is 18.3. The number of unbranched alkanes of at least 4 members (excludes halogenated alkanes) is 11. The Kier molecular flexibility index (Phi) is 29.7. The second-order valence-corrected chi connectivity index (χ2v) is 12.7. The van der Waals surface area contributed by atoms with Gasteiger partial charge >= 0.3 is 17.9 Å². The van der Waals surface area contributed by atoms with Crippen LogP contribution >= 0.6 is 0 Å². The third kappa shape index (κ3) is 29.4. The Morgan fingerprint density at radius 3 is 1.33 bits per heavy atom. The highest BCUT2D eigenvalue weighted by atomic mass is 16.6. The Hall–Kier alpha value is -1.71. The topological polar surface area (TPSA) is 140 Å². The Balaban J connectivity index is 4.22. The molecule has 0 amide bonds. The van der Waals surface area contributed by atoms with Gasteiger partial charge in [-0.2, -0.15) is 0 Å². The van der Waals surface area contributed by atoms with E-state index in [1.54, 1.807) is 0 Å². The van der Waals surface area contributed by atoms with Crippen LogP contribution < -0.4 is 0 Å². The number of rotatable bonds is 32. The van der Waals surface area contributed by atoms with Gasteiger partial charge in [0, 0.05) is 19.3 Å². The van der Waals surface area contributed by atoms with Crippen LogP contribution in [0, 0.1) is 0 Å².